The molecule has 0 heterocycles. The molecule has 0 amide bonds. The van der Waals surface area contributed by atoms with Gasteiger partial charge in [0.1, 0.15) is 12.4 Å². The maximum atomic E-state index is 6.04. The van der Waals surface area contributed by atoms with Crippen LogP contribution >= 0.6 is 0 Å². The predicted octanol–water partition coefficient (Wildman–Crippen LogP) is 4.82. The van der Waals surface area contributed by atoms with Crippen molar-refractivity contribution in [3.8, 4) is 16.9 Å². The first-order valence-electron chi connectivity index (χ1n) is 7.36. The van der Waals surface area contributed by atoms with Crippen molar-refractivity contribution in [2.75, 3.05) is 5.73 Å². The molecule has 22 heavy (non-hydrogen) atoms. The minimum atomic E-state index is 0.516. The van der Waals surface area contributed by atoms with Crippen LogP contribution in [0, 0.1) is 6.92 Å². The van der Waals surface area contributed by atoms with Crippen LogP contribution in [0.1, 0.15) is 11.1 Å². The minimum absolute atomic E-state index is 0.516. The summed E-state index contributed by atoms with van der Waals surface area (Å²) in [5.74, 6) is 0.725. The summed E-state index contributed by atoms with van der Waals surface area (Å²) in [7, 11) is 0. The lowest BCUT2D eigenvalue weighted by molar-refractivity contribution is 0.308. The van der Waals surface area contributed by atoms with Gasteiger partial charge < -0.3 is 10.5 Å². The normalized spacial score (nSPS) is 10.4. The summed E-state index contributed by atoms with van der Waals surface area (Å²) in [4.78, 5) is 0. The standard InChI is InChI=1S/C20H19NO/c1-15-6-5-9-17(12-15)18-10-11-19(21)20(13-18)22-14-16-7-3-2-4-8-16/h2-13H,14,21H2,1H3. The average molecular weight is 289 g/mol. The zero-order valence-corrected chi connectivity index (χ0v) is 12.6. The molecule has 0 aliphatic rings. The van der Waals surface area contributed by atoms with Crippen LogP contribution < -0.4 is 10.5 Å². The molecule has 2 nitrogen and oxygen atoms in total. The first kappa shape index (κ1) is 14.2. The second kappa shape index (κ2) is 6.35. The van der Waals surface area contributed by atoms with Crippen molar-refractivity contribution >= 4 is 5.69 Å². The summed E-state index contributed by atoms with van der Waals surface area (Å²) in [6.07, 6.45) is 0. The molecular formula is C20H19NO. The summed E-state index contributed by atoms with van der Waals surface area (Å²) < 4.78 is 5.89. The van der Waals surface area contributed by atoms with Crippen molar-refractivity contribution in [1.29, 1.82) is 0 Å². The molecule has 0 spiro atoms. The molecule has 3 rings (SSSR count). The molecule has 110 valence electrons. The van der Waals surface area contributed by atoms with Crippen molar-refractivity contribution < 1.29 is 4.74 Å². The summed E-state index contributed by atoms with van der Waals surface area (Å²) >= 11 is 0. The second-order valence-electron chi connectivity index (χ2n) is 5.40. The molecule has 0 fully saturated rings. The highest BCUT2D eigenvalue weighted by molar-refractivity contribution is 5.70. The quantitative estimate of drug-likeness (QED) is 0.699. The summed E-state index contributed by atoms with van der Waals surface area (Å²) in [5, 5.41) is 0. The molecular weight excluding hydrogens is 270 g/mol. The Labute approximate surface area is 131 Å². The van der Waals surface area contributed by atoms with Crippen LogP contribution in [0.15, 0.2) is 72.8 Å². The fourth-order valence-corrected chi connectivity index (χ4v) is 2.40. The molecule has 2 heteroatoms. The molecule has 2 N–H and O–H groups in total. The van der Waals surface area contributed by atoms with Crippen molar-refractivity contribution in [3.63, 3.8) is 0 Å². The first-order valence-corrected chi connectivity index (χ1v) is 7.36. The lowest BCUT2D eigenvalue weighted by Crippen LogP contribution is -1.99. The van der Waals surface area contributed by atoms with E-state index in [-0.39, 0.29) is 0 Å². The van der Waals surface area contributed by atoms with Crippen molar-refractivity contribution in [2.45, 2.75) is 13.5 Å². The summed E-state index contributed by atoms with van der Waals surface area (Å²) in [5.41, 5.74) is 11.3. The monoisotopic (exact) mass is 289 g/mol. The lowest BCUT2D eigenvalue weighted by Gasteiger charge is -2.11. The van der Waals surface area contributed by atoms with Crippen LogP contribution in [-0.4, -0.2) is 0 Å². The molecule has 3 aromatic carbocycles. The van der Waals surface area contributed by atoms with Gasteiger partial charge in [-0.1, -0.05) is 66.2 Å². The van der Waals surface area contributed by atoms with E-state index in [0.717, 1.165) is 16.9 Å². The Morgan fingerprint density at radius 3 is 2.36 bits per heavy atom. The van der Waals surface area contributed by atoms with Crippen LogP contribution in [0.2, 0.25) is 0 Å². The molecule has 0 atom stereocenters. The maximum Gasteiger partial charge on any atom is 0.143 e. The number of hydrogen-bond donors (Lipinski definition) is 1. The highest BCUT2D eigenvalue weighted by atomic mass is 16.5. The van der Waals surface area contributed by atoms with Gasteiger partial charge in [0.15, 0.2) is 0 Å². The van der Waals surface area contributed by atoms with Crippen molar-refractivity contribution in [2.24, 2.45) is 0 Å². The van der Waals surface area contributed by atoms with E-state index in [1.54, 1.807) is 0 Å². The average Bonchev–Trinajstić information content (AvgIpc) is 2.55. The third kappa shape index (κ3) is 3.29. The molecule has 3 aromatic rings. The highest BCUT2D eigenvalue weighted by Gasteiger charge is 2.05. The van der Waals surface area contributed by atoms with E-state index in [1.165, 1.54) is 11.1 Å². The van der Waals surface area contributed by atoms with E-state index in [9.17, 15) is 0 Å². The highest BCUT2D eigenvalue weighted by Crippen LogP contribution is 2.30. The van der Waals surface area contributed by atoms with Crippen LogP contribution in [0.4, 0.5) is 5.69 Å². The topological polar surface area (TPSA) is 35.2 Å². The van der Waals surface area contributed by atoms with Gasteiger partial charge in [0.05, 0.1) is 5.69 Å². The fourth-order valence-electron chi connectivity index (χ4n) is 2.40. The Morgan fingerprint density at radius 1 is 0.818 bits per heavy atom. The third-order valence-corrected chi connectivity index (χ3v) is 3.60. The number of nitrogen functional groups attached to an aromatic ring is 1. The smallest absolute Gasteiger partial charge is 0.143 e. The van der Waals surface area contributed by atoms with Gasteiger partial charge in [0.2, 0.25) is 0 Å². The summed E-state index contributed by atoms with van der Waals surface area (Å²) in [6, 6.07) is 24.4. The van der Waals surface area contributed by atoms with Gasteiger partial charge in [-0.3, -0.25) is 0 Å². The van der Waals surface area contributed by atoms with Crippen LogP contribution in [-0.2, 0) is 6.61 Å². The SMILES string of the molecule is Cc1cccc(-c2ccc(N)c(OCc3ccccc3)c2)c1. The number of aryl methyl sites for hydroxylation is 1. The largest absolute Gasteiger partial charge is 0.487 e. The van der Waals surface area contributed by atoms with Crippen LogP contribution in [0.25, 0.3) is 11.1 Å². The molecule has 0 saturated carbocycles. The van der Waals surface area contributed by atoms with E-state index >= 15 is 0 Å². The molecule has 0 aliphatic carbocycles. The number of hydrogen-bond acceptors (Lipinski definition) is 2. The Kier molecular flexibility index (Phi) is 4.10. The Hall–Kier alpha value is -2.74. The first-order chi connectivity index (χ1) is 10.7. The van der Waals surface area contributed by atoms with Gasteiger partial charge in [0, 0.05) is 0 Å². The fraction of sp³-hybridized carbons (Fsp3) is 0.100. The van der Waals surface area contributed by atoms with Crippen molar-refractivity contribution in [3.05, 3.63) is 83.9 Å². The van der Waals surface area contributed by atoms with E-state index in [2.05, 4.69) is 31.2 Å². The number of benzene rings is 3. The number of rotatable bonds is 4. The van der Waals surface area contributed by atoms with Gasteiger partial charge in [-0.25, -0.2) is 0 Å². The Balaban J connectivity index is 1.84. The van der Waals surface area contributed by atoms with E-state index in [4.69, 9.17) is 10.5 Å². The molecule has 0 bridgehead atoms. The van der Waals surface area contributed by atoms with E-state index < -0.39 is 0 Å². The van der Waals surface area contributed by atoms with Crippen LogP contribution in [0.5, 0.6) is 5.75 Å². The maximum absolute atomic E-state index is 6.04. The third-order valence-electron chi connectivity index (χ3n) is 3.60. The zero-order chi connectivity index (χ0) is 15.4. The van der Waals surface area contributed by atoms with Crippen LogP contribution in [0.3, 0.4) is 0 Å². The van der Waals surface area contributed by atoms with Gasteiger partial charge in [-0.2, -0.15) is 0 Å². The second-order valence-corrected chi connectivity index (χ2v) is 5.40. The Bertz CT molecular complexity index is 766. The molecule has 0 unspecified atom stereocenters. The number of anilines is 1. The molecule has 0 saturated heterocycles. The van der Waals surface area contributed by atoms with Crippen molar-refractivity contribution in [1.82, 2.24) is 0 Å². The molecule has 0 radical (unpaired) electrons. The number of ether oxygens (including phenoxy) is 1. The Morgan fingerprint density at radius 2 is 1.59 bits per heavy atom. The summed E-state index contributed by atoms with van der Waals surface area (Å²) in [6.45, 7) is 2.61. The molecule has 0 aromatic heterocycles. The predicted molar refractivity (Wildman–Crippen MR) is 91.8 cm³/mol. The number of nitrogens with two attached hydrogens (primary N) is 1. The van der Waals surface area contributed by atoms with Gasteiger partial charge in [0.25, 0.3) is 0 Å². The molecule has 0 aliphatic heterocycles. The van der Waals surface area contributed by atoms with Gasteiger partial charge >= 0.3 is 0 Å². The minimum Gasteiger partial charge on any atom is -0.487 e. The lowest BCUT2D eigenvalue weighted by atomic mass is 10.0. The van der Waals surface area contributed by atoms with Gasteiger partial charge in [-0.05, 0) is 35.7 Å². The zero-order valence-electron chi connectivity index (χ0n) is 12.6. The van der Waals surface area contributed by atoms with Gasteiger partial charge in [-0.15, -0.1) is 0 Å². The van der Waals surface area contributed by atoms with E-state index in [1.807, 2.05) is 48.5 Å². The van der Waals surface area contributed by atoms with E-state index in [0.29, 0.717) is 12.3 Å².